The Labute approximate surface area is 161 Å². The molecule has 0 aromatic heterocycles. The Balaban J connectivity index is 1.81. The molecule has 138 valence electrons. The fourth-order valence-electron chi connectivity index (χ4n) is 3.19. The van der Waals surface area contributed by atoms with Crippen molar-refractivity contribution in [1.82, 2.24) is 16.2 Å². The fourth-order valence-corrected chi connectivity index (χ4v) is 3.45. The first-order valence-electron chi connectivity index (χ1n) is 8.33. The average Bonchev–Trinajstić information content (AvgIpc) is 3.02. The molecule has 0 radical (unpaired) electrons. The number of hydrogen-bond acceptors (Lipinski definition) is 5. The quantitative estimate of drug-likeness (QED) is 0.694. The largest absolute Gasteiger partial charge is 0.497 e. The van der Waals surface area contributed by atoms with Gasteiger partial charge in [-0.05, 0) is 36.8 Å². The van der Waals surface area contributed by atoms with Gasteiger partial charge in [0.15, 0.2) is 0 Å². The van der Waals surface area contributed by atoms with Gasteiger partial charge in [-0.3, -0.25) is 10.2 Å². The Morgan fingerprint density at radius 2 is 1.81 bits per heavy atom. The highest BCUT2D eigenvalue weighted by molar-refractivity contribution is 9.10. The van der Waals surface area contributed by atoms with Crippen LogP contribution in [0.2, 0.25) is 0 Å². The van der Waals surface area contributed by atoms with Crippen molar-refractivity contribution in [3.05, 3.63) is 58.1 Å². The maximum atomic E-state index is 12.8. The fraction of sp³-hybridized carbons (Fsp3) is 0.316. The third-order valence-electron chi connectivity index (χ3n) is 4.56. The topological polar surface area (TPSA) is 71.6 Å². The smallest absolute Gasteiger partial charge is 0.256 e. The lowest BCUT2D eigenvalue weighted by Crippen LogP contribution is -2.46. The first-order valence-corrected chi connectivity index (χ1v) is 9.12. The number of methoxy groups -OCH3 is 2. The van der Waals surface area contributed by atoms with E-state index in [0.717, 1.165) is 10.0 Å². The van der Waals surface area contributed by atoms with Crippen LogP contribution in [0, 0.1) is 0 Å². The number of hydrazine groups is 1. The summed E-state index contributed by atoms with van der Waals surface area (Å²) in [5.41, 5.74) is 7.99. The lowest BCUT2D eigenvalue weighted by Gasteiger charge is -2.23. The summed E-state index contributed by atoms with van der Waals surface area (Å²) in [6.07, 6.45) is -0.245. The monoisotopic (exact) mass is 419 g/mol. The van der Waals surface area contributed by atoms with Gasteiger partial charge in [-0.15, -0.1) is 0 Å². The highest BCUT2D eigenvalue weighted by Gasteiger charge is 2.35. The van der Waals surface area contributed by atoms with Crippen molar-refractivity contribution in [2.45, 2.75) is 25.0 Å². The molecule has 3 atom stereocenters. The van der Waals surface area contributed by atoms with Gasteiger partial charge in [0.1, 0.15) is 17.7 Å². The van der Waals surface area contributed by atoms with Crippen LogP contribution < -0.4 is 25.6 Å². The summed E-state index contributed by atoms with van der Waals surface area (Å²) in [6, 6.07) is 13.4. The van der Waals surface area contributed by atoms with E-state index in [-0.39, 0.29) is 24.0 Å². The maximum absolute atomic E-state index is 12.8. The molecule has 0 aliphatic carbocycles. The minimum Gasteiger partial charge on any atom is -0.497 e. The van der Waals surface area contributed by atoms with E-state index in [4.69, 9.17) is 9.47 Å². The summed E-state index contributed by atoms with van der Waals surface area (Å²) in [7, 11) is 3.11. The molecule has 26 heavy (non-hydrogen) atoms. The summed E-state index contributed by atoms with van der Waals surface area (Å²) < 4.78 is 11.5. The summed E-state index contributed by atoms with van der Waals surface area (Å²) in [5.74, 6) is 0.998. The zero-order chi connectivity index (χ0) is 18.7. The molecule has 2 aromatic rings. The van der Waals surface area contributed by atoms with Crippen molar-refractivity contribution in [2.24, 2.45) is 0 Å². The van der Waals surface area contributed by atoms with Crippen LogP contribution in [0.3, 0.4) is 0 Å². The SMILES string of the molecule is COc1ccc(C(=O)NC2NNC(C)C2c2ccc(Br)cc2)c(OC)c1. The number of amides is 1. The van der Waals surface area contributed by atoms with Crippen LogP contribution in [-0.2, 0) is 0 Å². The van der Waals surface area contributed by atoms with E-state index in [0.29, 0.717) is 17.1 Å². The lowest BCUT2D eigenvalue weighted by atomic mass is 9.91. The molecule has 2 aromatic carbocycles. The summed E-state index contributed by atoms with van der Waals surface area (Å²) in [5, 5.41) is 3.06. The molecular weight excluding hydrogens is 398 g/mol. The Morgan fingerprint density at radius 1 is 1.08 bits per heavy atom. The molecule has 1 fully saturated rings. The van der Waals surface area contributed by atoms with Crippen LogP contribution in [0.1, 0.15) is 28.8 Å². The predicted octanol–water partition coefficient (Wildman–Crippen LogP) is 2.80. The van der Waals surface area contributed by atoms with E-state index >= 15 is 0 Å². The van der Waals surface area contributed by atoms with Gasteiger partial charge in [0.05, 0.1) is 19.8 Å². The van der Waals surface area contributed by atoms with Gasteiger partial charge in [0, 0.05) is 22.5 Å². The van der Waals surface area contributed by atoms with Crippen molar-refractivity contribution in [1.29, 1.82) is 0 Å². The maximum Gasteiger partial charge on any atom is 0.256 e. The van der Waals surface area contributed by atoms with E-state index < -0.39 is 0 Å². The van der Waals surface area contributed by atoms with Crippen molar-refractivity contribution in [3.8, 4) is 11.5 Å². The van der Waals surface area contributed by atoms with E-state index in [1.165, 1.54) is 7.11 Å². The third kappa shape index (κ3) is 3.85. The molecule has 1 heterocycles. The number of carbonyl (C=O) groups excluding carboxylic acids is 1. The molecule has 6 nitrogen and oxygen atoms in total. The number of hydrogen-bond donors (Lipinski definition) is 3. The van der Waals surface area contributed by atoms with Gasteiger partial charge in [-0.1, -0.05) is 28.1 Å². The van der Waals surface area contributed by atoms with Crippen LogP contribution in [-0.4, -0.2) is 32.3 Å². The Hall–Kier alpha value is -2.09. The molecule has 1 aliphatic rings. The molecule has 0 bridgehead atoms. The van der Waals surface area contributed by atoms with Gasteiger partial charge in [0.25, 0.3) is 5.91 Å². The van der Waals surface area contributed by atoms with E-state index in [2.05, 4.69) is 51.2 Å². The zero-order valence-corrected chi connectivity index (χ0v) is 16.5. The molecule has 1 saturated heterocycles. The van der Waals surface area contributed by atoms with Crippen LogP contribution in [0.15, 0.2) is 46.9 Å². The molecular formula is C19H22BrN3O3. The van der Waals surface area contributed by atoms with Gasteiger partial charge in [-0.25, -0.2) is 5.43 Å². The summed E-state index contributed by atoms with van der Waals surface area (Å²) in [6.45, 7) is 2.08. The van der Waals surface area contributed by atoms with Crippen LogP contribution in [0.5, 0.6) is 11.5 Å². The first kappa shape index (κ1) is 18.7. The third-order valence-corrected chi connectivity index (χ3v) is 5.09. The zero-order valence-electron chi connectivity index (χ0n) is 14.9. The van der Waals surface area contributed by atoms with E-state index in [1.54, 1.807) is 25.3 Å². The highest BCUT2D eigenvalue weighted by Crippen LogP contribution is 2.29. The lowest BCUT2D eigenvalue weighted by molar-refractivity contribution is 0.0925. The Morgan fingerprint density at radius 3 is 2.46 bits per heavy atom. The van der Waals surface area contributed by atoms with Gasteiger partial charge >= 0.3 is 0 Å². The highest BCUT2D eigenvalue weighted by atomic mass is 79.9. The van der Waals surface area contributed by atoms with Crippen LogP contribution in [0.25, 0.3) is 0 Å². The summed E-state index contributed by atoms with van der Waals surface area (Å²) in [4.78, 5) is 12.8. The second-order valence-corrected chi connectivity index (χ2v) is 7.09. The Bertz CT molecular complexity index is 782. The van der Waals surface area contributed by atoms with Gasteiger partial charge < -0.3 is 14.8 Å². The number of rotatable bonds is 5. The normalized spacial score (nSPS) is 22.1. The number of carbonyl (C=O) groups is 1. The minimum atomic E-state index is -0.245. The molecule has 3 unspecified atom stereocenters. The van der Waals surface area contributed by atoms with E-state index in [9.17, 15) is 4.79 Å². The predicted molar refractivity (Wildman–Crippen MR) is 103 cm³/mol. The number of halogens is 1. The first-order chi connectivity index (χ1) is 12.5. The molecule has 0 spiro atoms. The number of nitrogens with one attached hydrogen (secondary N) is 3. The number of benzene rings is 2. The summed E-state index contributed by atoms with van der Waals surface area (Å²) >= 11 is 3.46. The van der Waals surface area contributed by atoms with Gasteiger partial charge in [0.2, 0.25) is 0 Å². The number of ether oxygens (including phenoxy) is 2. The molecule has 1 aliphatic heterocycles. The van der Waals surface area contributed by atoms with Crippen molar-refractivity contribution in [3.63, 3.8) is 0 Å². The minimum absolute atomic E-state index is 0.0938. The standard InChI is InChI=1S/C19H22BrN3O3/c1-11-17(12-4-6-13(20)7-5-12)18(23-22-11)21-19(24)15-9-8-14(25-2)10-16(15)26-3/h4-11,17-18,22-23H,1-3H3,(H,21,24). The second-order valence-electron chi connectivity index (χ2n) is 6.17. The molecule has 7 heteroatoms. The molecule has 3 rings (SSSR count). The molecule has 0 saturated carbocycles. The average molecular weight is 420 g/mol. The second kappa shape index (κ2) is 8.07. The van der Waals surface area contributed by atoms with E-state index in [1.807, 2.05) is 12.1 Å². The van der Waals surface area contributed by atoms with Crippen molar-refractivity contribution >= 4 is 21.8 Å². The van der Waals surface area contributed by atoms with Gasteiger partial charge in [-0.2, -0.15) is 0 Å². The Kier molecular flexibility index (Phi) is 5.80. The van der Waals surface area contributed by atoms with Crippen LogP contribution >= 0.6 is 15.9 Å². The van der Waals surface area contributed by atoms with Crippen molar-refractivity contribution < 1.29 is 14.3 Å². The molecule has 3 N–H and O–H groups in total. The molecule has 1 amide bonds. The van der Waals surface area contributed by atoms with Crippen LogP contribution in [0.4, 0.5) is 0 Å². The van der Waals surface area contributed by atoms with Crippen molar-refractivity contribution in [2.75, 3.05) is 14.2 Å².